The van der Waals surface area contributed by atoms with E-state index in [4.69, 9.17) is 0 Å². The van der Waals surface area contributed by atoms with Crippen LogP contribution in [0, 0.1) is 10.1 Å². The number of nitro groups is 1. The molecular weight excluding hydrogens is 288 g/mol. The number of hydrogen-bond acceptors (Lipinski definition) is 4. The number of anilines is 1. The zero-order chi connectivity index (χ0) is 15.0. The van der Waals surface area contributed by atoms with Crippen LogP contribution < -0.4 is 5.32 Å². The Hall–Kier alpha value is -2.34. The number of nitro benzene ring substituents is 1. The monoisotopic (exact) mass is 300 g/mol. The molecule has 1 aliphatic heterocycles. The smallest absolute Gasteiger partial charge is 0.277 e. The van der Waals surface area contributed by atoms with Crippen LogP contribution >= 0.6 is 11.8 Å². The summed E-state index contributed by atoms with van der Waals surface area (Å²) in [6.45, 7) is 0. The molecular formula is C15H12N2O3S. The fourth-order valence-corrected chi connectivity index (χ4v) is 3.24. The number of nitrogens with one attached hydrogen (secondary N) is 1. The Morgan fingerprint density at radius 1 is 1.24 bits per heavy atom. The molecule has 106 valence electrons. The van der Waals surface area contributed by atoms with E-state index in [0.29, 0.717) is 5.56 Å². The van der Waals surface area contributed by atoms with E-state index in [1.165, 1.54) is 17.8 Å². The SMILES string of the molecule is CSC1C(=O)Nc2cc(-c3ccccc3[N+](=O)[O-])ccc21. The summed E-state index contributed by atoms with van der Waals surface area (Å²) in [6.07, 6.45) is 1.88. The van der Waals surface area contributed by atoms with Crippen molar-refractivity contribution in [3.63, 3.8) is 0 Å². The van der Waals surface area contributed by atoms with E-state index in [-0.39, 0.29) is 16.8 Å². The molecule has 0 bridgehead atoms. The summed E-state index contributed by atoms with van der Waals surface area (Å²) >= 11 is 1.47. The Labute approximate surface area is 125 Å². The topological polar surface area (TPSA) is 72.2 Å². The van der Waals surface area contributed by atoms with Crippen LogP contribution in [-0.2, 0) is 4.79 Å². The van der Waals surface area contributed by atoms with Gasteiger partial charge in [0.05, 0.1) is 10.5 Å². The van der Waals surface area contributed by atoms with Crippen LogP contribution in [0.25, 0.3) is 11.1 Å². The minimum atomic E-state index is -0.397. The summed E-state index contributed by atoms with van der Waals surface area (Å²) < 4.78 is 0. The summed E-state index contributed by atoms with van der Waals surface area (Å²) in [5.74, 6) is -0.0442. The summed E-state index contributed by atoms with van der Waals surface area (Å²) in [5, 5.41) is 13.7. The molecule has 0 aliphatic carbocycles. The highest BCUT2D eigenvalue weighted by Crippen LogP contribution is 2.41. The molecule has 1 amide bonds. The molecule has 1 unspecified atom stereocenters. The highest BCUT2D eigenvalue weighted by molar-refractivity contribution is 7.99. The first-order chi connectivity index (χ1) is 10.1. The highest BCUT2D eigenvalue weighted by Gasteiger charge is 2.30. The lowest BCUT2D eigenvalue weighted by Gasteiger charge is -2.07. The lowest BCUT2D eigenvalue weighted by atomic mass is 10.0. The zero-order valence-electron chi connectivity index (χ0n) is 11.2. The Bertz CT molecular complexity index is 745. The third-order valence-electron chi connectivity index (χ3n) is 3.48. The van der Waals surface area contributed by atoms with Crippen LogP contribution in [0.3, 0.4) is 0 Å². The Morgan fingerprint density at radius 2 is 2.00 bits per heavy atom. The van der Waals surface area contributed by atoms with Gasteiger partial charge >= 0.3 is 0 Å². The molecule has 1 heterocycles. The zero-order valence-corrected chi connectivity index (χ0v) is 12.0. The van der Waals surface area contributed by atoms with Gasteiger partial charge in [-0.05, 0) is 29.5 Å². The van der Waals surface area contributed by atoms with Crippen molar-refractivity contribution in [3.8, 4) is 11.1 Å². The van der Waals surface area contributed by atoms with Crippen molar-refractivity contribution in [2.45, 2.75) is 5.25 Å². The largest absolute Gasteiger partial charge is 0.324 e. The summed E-state index contributed by atoms with van der Waals surface area (Å²) in [5.41, 5.74) is 2.99. The standard InChI is InChI=1S/C15H12N2O3S/c1-21-14-11-7-6-9(8-12(11)16-15(14)18)10-4-2-3-5-13(10)17(19)20/h2-8,14H,1H3,(H,16,18). The van der Waals surface area contributed by atoms with E-state index in [1.807, 2.05) is 18.4 Å². The lowest BCUT2D eigenvalue weighted by Crippen LogP contribution is -2.08. The van der Waals surface area contributed by atoms with Gasteiger partial charge in [-0.2, -0.15) is 0 Å². The molecule has 0 fully saturated rings. The minimum absolute atomic E-state index is 0.0442. The molecule has 0 spiro atoms. The second-order valence-corrected chi connectivity index (χ2v) is 5.62. The van der Waals surface area contributed by atoms with Gasteiger partial charge in [0.15, 0.2) is 0 Å². The number of amides is 1. The molecule has 1 aliphatic rings. The van der Waals surface area contributed by atoms with Gasteiger partial charge in [-0.1, -0.05) is 24.3 Å². The maximum Gasteiger partial charge on any atom is 0.277 e. The molecule has 0 saturated carbocycles. The van der Waals surface area contributed by atoms with Gasteiger partial charge in [0.25, 0.3) is 5.69 Å². The average Bonchev–Trinajstić information content (AvgIpc) is 2.81. The van der Waals surface area contributed by atoms with Gasteiger partial charge in [0.2, 0.25) is 5.91 Å². The van der Waals surface area contributed by atoms with Crippen molar-refractivity contribution in [2.24, 2.45) is 0 Å². The molecule has 5 nitrogen and oxygen atoms in total. The van der Waals surface area contributed by atoms with E-state index in [2.05, 4.69) is 5.32 Å². The maximum absolute atomic E-state index is 11.8. The van der Waals surface area contributed by atoms with Crippen molar-refractivity contribution in [1.29, 1.82) is 0 Å². The summed E-state index contributed by atoms with van der Waals surface area (Å²) in [7, 11) is 0. The first kappa shape index (κ1) is 13.6. The second kappa shape index (κ2) is 5.21. The molecule has 0 saturated heterocycles. The number of hydrogen-bond donors (Lipinski definition) is 1. The molecule has 2 aromatic carbocycles. The van der Waals surface area contributed by atoms with Crippen LogP contribution in [0.15, 0.2) is 42.5 Å². The molecule has 1 atom stereocenters. The quantitative estimate of drug-likeness (QED) is 0.694. The second-order valence-electron chi connectivity index (χ2n) is 4.68. The molecule has 1 N–H and O–H groups in total. The number of carbonyl (C=O) groups excluding carboxylic acids is 1. The first-order valence-corrected chi connectivity index (χ1v) is 7.62. The van der Waals surface area contributed by atoms with Crippen molar-refractivity contribution in [3.05, 3.63) is 58.1 Å². The summed E-state index contributed by atoms with van der Waals surface area (Å²) in [4.78, 5) is 22.6. The van der Waals surface area contributed by atoms with Crippen LogP contribution in [0.4, 0.5) is 11.4 Å². The van der Waals surface area contributed by atoms with E-state index >= 15 is 0 Å². The van der Waals surface area contributed by atoms with E-state index in [1.54, 1.807) is 24.3 Å². The predicted molar refractivity (Wildman–Crippen MR) is 83.4 cm³/mol. The number of carbonyl (C=O) groups is 1. The number of thioether (sulfide) groups is 1. The number of nitrogens with zero attached hydrogens (tertiary/aromatic N) is 1. The molecule has 3 rings (SSSR count). The third kappa shape index (κ3) is 2.27. The van der Waals surface area contributed by atoms with Gasteiger partial charge < -0.3 is 5.32 Å². The molecule has 6 heteroatoms. The van der Waals surface area contributed by atoms with Gasteiger partial charge in [0, 0.05) is 11.8 Å². The summed E-state index contributed by atoms with van der Waals surface area (Å²) in [6, 6.07) is 12.1. The van der Waals surface area contributed by atoms with Gasteiger partial charge in [-0.3, -0.25) is 14.9 Å². The number of fused-ring (bicyclic) bond motifs is 1. The maximum atomic E-state index is 11.8. The number of rotatable bonds is 3. The van der Waals surface area contributed by atoms with Crippen molar-refractivity contribution >= 4 is 29.0 Å². The van der Waals surface area contributed by atoms with E-state index in [0.717, 1.165) is 16.8 Å². The van der Waals surface area contributed by atoms with Crippen LogP contribution in [0.5, 0.6) is 0 Å². The van der Waals surface area contributed by atoms with Gasteiger partial charge in [-0.25, -0.2) is 0 Å². The molecule has 0 radical (unpaired) electrons. The van der Waals surface area contributed by atoms with Crippen LogP contribution in [0.2, 0.25) is 0 Å². The van der Waals surface area contributed by atoms with Gasteiger partial charge in [-0.15, -0.1) is 11.8 Å². The molecule has 2 aromatic rings. The Kier molecular flexibility index (Phi) is 3.39. The fourth-order valence-electron chi connectivity index (χ4n) is 2.51. The van der Waals surface area contributed by atoms with Crippen molar-refractivity contribution < 1.29 is 9.72 Å². The van der Waals surface area contributed by atoms with E-state index in [9.17, 15) is 14.9 Å². The average molecular weight is 300 g/mol. The van der Waals surface area contributed by atoms with Crippen LogP contribution in [-0.4, -0.2) is 17.1 Å². The van der Waals surface area contributed by atoms with Crippen molar-refractivity contribution in [1.82, 2.24) is 0 Å². The number of benzene rings is 2. The Balaban J connectivity index is 2.09. The van der Waals surface area contributed by atoms with E-state index < -0.39 is 4.92 Å². The molecule has 21 heavy (non-hydrogen) atoms. The van der Waals surface area contributed by atoms with Gasteiger partial charge in [0.1, 0.15) is 5.25 Å². The number of para-hydroxylation sites is 1. The minimum Gasteiger partial charge on any atom is -0.324 e. The lowest BCUT2D eigenvalue weighted by molar-refractivity contribution is -0.384. The normalized spacial score (nSPS) is 16.4. The first-order valence-electron chi connectivity index (χ1n) is 6.33. The predicted octanol–water partition coefficient (Wildman–Crippen LogP) is 3.62. The third-order valence-corrected chi connectivity index (χ3v) is 4.42. The van der Waals surface area contributed by atoms with Crippen molar-refractivity contribution in [2.75, 3.05) is 11.6 Å². The highest BCUT2D eigenvalue weighted by atomic mass is 32.2. The Morgan fingerprint density at radius 3 is 2.71 bits per heavy atom. The fraction of sp³-hybridized carbons (Fsp3) is 0.133. The molecule has 0 aromatic heterocycles. The van der Waals surface area contributed by atoms with Crippen LogP contribution in [0.1, 0.15) is 10.8 Å².